The largest absolute Gasteiger partial charge is 0.385 e. The van der Waals surface area contributed by atoms with Crippen molar-refractivity contribution in [1.29, 1.82) is 0 Å². The van der Waals surface area contributed by atoms with Gasteiger partial charge in [-0.25, -0.2) is 4.98 Å². The number of hydrogen-bond donors (Lipinski definition) is 1. The summed E-state index contributed by atoms with van der Waals surface area (Å²) in [5.41, 5.74) is 1.08. The van der Waals surface area contributed by atoms with Gasteiger partial charge in [0.25, 0.3) is 0 Å². The van der Waals surface area contributed by atoms with Gasteiger partial charge in [0.15, 0.2) is 0 Å². The molecule has 5 nitrogen and oxygen atoms in total. The topological polar surface area (TPSA) is 58.4 Å². The highest BCUT2D eigenvalue weighted by Crippen LogP contribution is 2.30. The van der Waals surface area contributed by atoms with E-state index in [0.717, 1.165) is 24.9 Å². The number of amides is 1. The molecule has 1 N–H and O–H groups in total. The van der Waals surface area contributed by atoms with Crippen LogP contribution in [0.15, 0.2) is 29.2 Å². The molecule has 124 valence electrons. The van der Waals surface area contributed by atoms with Crippen LogP contribution in [0, 0.1) is 5.92 Å². The summed E-state index contributed by atoms with van der Waals surface area (Å²) in [5, 5.41) is 14.7. The fourth-order valence-electron chi connectivity index (χ4n) is 3.28. The summed E-state index contributed by atoms with van der Waals surface area (Å²) in [5.74, 6) is 0.754. The van der Waals surface area contributed by atoms with Crippen molar-refractivity contribution in [2.45, 2.75) is 31.8 Å². The van der Waals surface area contributed by atoms with Crippen LogP contribution in [0.2, 0.25) is 0 Å². The number of nitrogens with zero attached hydrogens (tertiary/aromatic N) is 3. The second kappa shape index (κ2) is 6.84. The molecule has 1 saturated heterocycles. The Morgan fingerprint density at radius 1 is 1.52 bits per heavy atom. The highest BCUT2D eigenvalue weighted by molar-refractivity contribution is 7.08. The van der Waals surface area contributed by atoms with Gasteiger partial charge in [0.05, 0.1) is 5.92 Å². The number of thiophene rings is 1. The van der Waals surface area contributed by atoms with E-state index < -0.39 is 6.10 Å². The van der Waals surface area contributed by atoms with Gasteiger partial charge in [-0.05, 0) is 42.2 Å². The number of piperidine rings is 1. The van der Waals surface area contributed by atoms with Gasteiger partial charge in [0.1, 0.15) is 11.9 Å². The molecule has 0 aliphatic carbocycles. The Morgan fingerprint density at radius 3 is 3.00 bits per heavy atom. The first-order chi connectivity index (χ1) is 11.1. The zero-order valence-corrected chi connectivity index (χ0v) is 14.4. The zero-order chi connectivity index (χ0) is 16.4. The average Bonchev–Trinajstić information content (AvgIpc) is 3.24. The number of likely N-dealkylation sites (tertiary alicyclic amines) is 1. The van der Waals surface area contributed by atoms with E-state index in [0.29, 0.717) is 12.4 Å². The van der Waals surface area contributed by atoms with E-state index >= 15 is 0 Å². The minimum absolute atomic E-state index is 0.0449. The number of aliphatic hydroxyl groups excluding tert-OH is 1. The molecule has 2 aromatic rings. The normalized spacial score (nSPS) is 21.2. The molecule has 1 aliphatic heterocycles. The lowest BCUT2D eigenvalue weighted by Crippen LogP contribution is -2.43. The molecule has 0 spiro atoms. The second-order valence-corrected chi connectivity index (χ2v) is 7.09. The first-order valence-electron chi connectivity index (χ1n) is 8.04. The summed E-state index contributed by atoms with van der Waals surface area (Å²) < 4.78 is 1.85. The first kappa shape index (κ1) is 16.2. The maximum absolute atomic E-state index is 12.7. The second-order valence-electron chi connectivity index (χ2n) is 6.31. The van der Waals surface area contributed by atoms with Gasteiger partial charge in [-0.2, -0.15) is 11.3 Å². The van der Waals surface area contributed by atoms with E-state index in [1.807, 2.05) is 46.5 Å². The SMILES string of the molecule is CC(C(=O)N1CCCC(C(O)c2nccn2C)C1)c1ccsc1. The smallest absolute Gasteiger partial charge is 0.229 e. The number of imidazole rings is 1. The Hall–Kier alpha value is -1.66. The Labute approximate surface area is 140 Å². The third kappa shape index (κ3) is 3.33. The average molecular weight is 333 g/mol. The van der Waals surface area contributed by atoms with Crippen molar-refractivity contribution in [2.24, 2.45) is 13.0 Å². The van der Waals surface area contributed by atoms with Gasteiger partial charge in [0.2, 0.25) is 5.91 Å². The number of carbonyl (C=O) groups excluding carboxylic acids is 1. The third-order valence-electron chi connectivity index (χ3n) is 4.75. The van der Waals surface area contributed by atoms with Crippen LogP contribution in [0.5, 0.6) is 0 Å². The van der Waals surface area contributed by atoms with Crippen molar-refractivity contribution in [3.63, 3.8) is 0 Å². The number of carbonyl (C=O) groups is 1. The molecule has 23 heavy (non-hydrogen) atoms. The lowest BCUT2D eigenvalue weighted by atomic mass is 9.90. The van der Waals surface area contributed by atoms with Crippen molar-refractivity contribution in [3.05, 3.63) is 40.6 Å². The van der Waals surface area contributed by atoms with Crippen molar-refractivity contribution in [3.8, 4) is 0 Å². The maximum atomic E-state index is 12.7. The lowest BCUT2D eigenvalue weighted by Gasteiger charge is -2.36. The highest BCUT2D eigenvalue weighted by Gasteiger charge is 2.32. The van der Waals surface area contributed by atoms with Crippen LogP contribution >= 0.6 is 11.3 Å². The van der Waals surface area contributed by atoms with E-state index in [1.165, 1.54) is 0 Å². The fraction of sp³-hybridized carbons (Fsp3) is 0.529. The van der Waals surface area contributed by atoms with Crippen LogP contribution < -0.4 is 0 Å². The van der Waals surface area contributed by atoms with E-state index in [9.17, 15) is 9.90 Å². The van der Waals surface area contributed by atoms with Gasteiger partial charge in [-0.1, -0.05) is 0 Å². The third-order valence-corrected chi connectivity index (χ3v) is 5.45. The maximum Gasteiger partial charge on any atom is 0.229 e. The van der Waals surface area contributed by atoms with Crippen LogP contribution in [-0.2, 0) is 11.8 Å². The van der Waals surface area contributed by atoms with Crippen LogP contribution in [-0.4, -0.2) is 38.6 Å². The van der Waals surface area contributed by atoms with Crippen LogP contribution in [0.3, 0.4) is 0 Å². The monoisotopic (exact) mass is 333 g/mol. The van der Waals surface area contributed by atoms with Crippen LogP contribution in [0.4, 0.5) is 0 Å². The first-order valence-corrected chi connectivity index (χ1v) is 8.98. The predicted octanol–water partition coefficient (Wildman–Crippen LogP) is 2.56. The molecule has 0 aromatic carbocycles. The van der Waals surface area contributed by atoms with Gasteiger partial charge < -0.3 is 14.6 Å². The highest BCUT2D eigenvalue weighted by atomic mass is 32.1. The van der Waals surface area contributed by atoms with Gasteiger partial charge in [-0.15, -0.1) is 0 Å². The molecule has 1 aliphatic rings. The predicted molar refractivity (Wildman–Crippen MR) is 90.2 cm³/mol. The molecule has 0 bridgehead atoms. The number of aryl methyl sites for hydroxylation is 1. The zero-order valence-electron chi connectivity index (χ0n) is 13.6. The Bertz CT molecular complexity index is 653. The van der Waals surface area contributed by atoms with Gasteiger partial charge >= 0.3 is 0 Å². The summed E-state index contributed by atoms with van der Waals surface area (Å²) in [6.07, 6.45) is 4.76. The van der Waals surface area contributed by atoms with E-state index in [-0.39, 0.29) is 17.7 Å². The molecule has 2 aromatic heterocycles. The summed E-state index contributed by atoms with van der Waals surface area (Å²) >= 11 is 1.62. The fourth-order valence-corrected chi connectivity index (χ4v) is 4.03. The minimum atomic E-state index is -0.623. The number of hydrogen-bond acceptors (Lipinski definition) is 4. The molecule has 1 amide bonds. The molecule has 1 fully saturated rings. The minimum Gasteiger partial charge on any atom is -0.385 e. The number of aromatic nitrogens is 2. The summed E-state index contributed by atoms with van der Waals surface area (Å²) in [6, 6.07) is 2.01. The molecule has 3 unspecified atom stereocenters. The summed E-state index contributed by atoms with van der Waals surface area (Å²) in [7, 11) is 1.88. The quantitative estimate of drug-likeness (QED) is 0.935. The standard InChI is InChI=1S/C17H23N3O2S/c1-12(14-5-9-23-11-14)17(22)20-7-3-4-13(10-20)15(21)16-18-6-8-19(16)2/h5-6,8-9,11-13,15,21H,3-4,7,10H2,1-2H3. The molecular weight excluding hydrogens is 310 g/mol. The van der Waals surface area contributed by atoms with Crippen molar-refractivity contribution < 1.29 is 9.90 Å². The lowest BCUT2D eigenvalue weighted by molar-refractivity contribution is -0.135. The van der Waals surface area contributed by atoms with Crippen LogP contribution in [0.1, 0.15) is 43.2 Å². The summed E-state index contributed by atoms with van der Waals surface area (Å²) in [6.45, 7) is 3.33. The Balaban J connectivity index is 1.68. The van der Waals surface area contributed by atoms with Crippen molar-refractivity contribution in [1.82, 2.24) is 14.5 Å². The molecule has 0 saturated carbocycles. The number of aliphatic hydroxyl groups is 1. The van der Waals surface area contributed by atoms with Crippen molar-refractivity contribution >= 4 is 17.2 Å². The van der Waals surface area contributed by atoms with E-state index in [1.54, 1.807) is 17.5 Å². The number of rotatable bonds is 4. The van der Waals surface area contributed by atoms with E-state index in [2.05, 4.69) is 4.98 Å². The molecular formula is C17H23N3O2S. The van der Waals surface area contributed by atoms with E-state index in [4.69, 9.17) is 0 Å². The molecule has 0 radical (unpaired) electrons. The van der Waals surface area contributed by atoms with Crippen LogP contribution in [0.25, 0.3) is 0 Å². The van der Waals surface area contributed by atoms with Gasteiger partial charge in [0, 0.05) is 38.4 Å². The molecule has 3 atom stereocenters. The van der Waals surface area contributed by atoms with Gasteiger partial charge in [-0.3, -0.25) is 4.79 Å². The molecule has 3 heterocycles. The molecule has 3 rings (SSSR count). The Kier molecular flexibility index (Phi) is 4.82. The Morgan fingerprint density at radius 2 is 2.35 bits per heavy atom. The molecule has 6 heteroatoms. The van der Waals surface area contributed by atoms with Crippen molar-refractivity contribution in [2.75, 3.05) is 13.1 Å². The summed E-state index contributed by atoms with van der Waals surface area (Å²) in [4.78, 5) is 18.9.